The lowest BCUT2D eigenvalue weighted by Gasteiger charge is -2.21. The molecule has 0 radical (unpaired) electrons. The zero-order valence-corrected chi connectivity index (χ0v) is 19.3. The van der Waals surface area contributed by atoms with Gasteiger partial charge >= 0.3 is 17.9 Å². The Morgan fingerprint density at radius 3 is 2.15 bits per heavy atom. The number of unbranched alkanes of at least 4 members (excludes halogenated alkanes) is 1. The first-order valence-electron chi connectivity index (χ1n) is 11.0. The molecule has 0 fully saturated rings. The van der Waals surface area contributed by atoms with Crippen LogP contribution in [-0.2, 0) is 39.9 Å². The van der Waals surface area contributed by atoms with Gasteiger partial charge in [0.1, 0.15) is 13.2 Å². The fourth-order valence-corrected chi connectivity index (χ4v) is 3.02. The lowest BCUT2D eigenvalue weighted by molar-refractivity contribution is -0.163. The Morgan fingerprint density at radius 1 is 0.939 bits per heavy atom. The standard InChI is InChI=1S/C26H34O7/c1-4-17-32-25(28)24(26(29)33-18-5-2)22(15-16-23(27)31-6-3)14-10-11-19-30-20-21-12-8-7-9-13-21/h4-5,7-9,12-13,15-16,22,24H,1-2,6,10-11,14,17-20H2,3H3/b16-15+/t22-/m0/s1. The van der Waals surface area contributed by atoms with Crippen molar-refractivity contribution in [1.29, 1.82) is 0 Å². The summed E-state index contributed by atoms with van der Waals surface area (Å²) >= 11 is 0. The monoisotopic (exact) mass is 458 g/mol. The first-order chi connectivity index (χ1) is 16.0. The Kier molecular flexibility index (Phi) is 14.7. The number of carbonyl (C=O) groups is 3. The summed E-state index contributed by atoms with van der Waals surface area (Å²) in [7, 11) is 0. The van der Waals surface area contributed by atoms with Crippen molar-refractivity contribution in [1.82, 2.24) is 0 Å². The Hall–Kier alpha value is -3.19. The summed E-state index contributed by atoms with van der Waals surface area (Å²) in [5.41, 5.74) is 1.09. The Balaban J connectivity index is 2.80. The first kappa shape index (κ1) is 27.8. The lowest BCUT2D eigenvalue weighted by atomic mass is 9.87. The topological polar surface area (TPSA) is 88.1 Å². The summed E-state index contributed by atoms with van der Waals surface area (Å²) in [5, 5.41) is 0. The first-order valence-corrected chi connectivity index (χ1v) is 11.0. The van der Waals surface area contributed by atoms with E-state index in [1.165, 1.54) is 24.3 Å². The molecule has 1 rings (SSSR count). The smallest absolute Gasteiger partial charge is 0.330 e. The van der Waals surface area contributed by atoms with Crippen LogP contribution in [0, 0.1) is 11.8 Å². The fourth-order valence-electron chi connectivity index (χ4n) is 3.02. The summed E-state index contributed by atoms with van der Waals surface area (Å²) < 4.78 is 20.9. The van der Waals surface area contributed by atoms with Gasteiger partial charge < -0.3 is 18.9 Å². The lowest BCUT2D eigenvalue weighted by Crippen LogP contribution is -2.34. The van der Waals surface area contributed by atoms with Crippen LogP contribution in [-0.4, -0.2) is 44.3 Å². The molecule has 0 saturated carbocycles. The summed E-state index contributed by atoms with van der Waals surface area (Å²) in [4.78, 5) is 37.1. The number of benzene rings is 1. The molecule has 1 aromatic rings. The van der Waals surface area contributed by atoms with E-state index in [0.29, 0.717) is 32.5 Å². The third-order valence-electron chi connectivity index (χ3n) is 4.58. The predicted octanol–water partition coefficient (Wildman–Crippen LogP) is 4.18. The quantitative estimate of drug-likeness (QED) is 0.0864. The average Bonchev–Trinajstić information content (AvgIpc) is 2.82. The van der Waals surface area contributed by atoms with Crippen molar-refractivity contribution < 1.29 is 33.3 Å². The highest BCUT2D eigenvalue weighted by atomic mass is 16.6. The van der Waals surface area contributed by atoms with Crippen molar-refractivity contribution in [2.45, 2.75) is 32.8 Å². The van der Waals surface area contributed by atoms with E-state index >= 15 is 0 Å². The van der Waals surface area contributed by atoms with Gasteiger partial charge in [0.25, 0.3) is 0 Å². The molecule has 0 spiro atoms. The molecule has 33 heavy (non-hydrogen) atoms. The third kappa shape index (κ3) is 11.8. The molecule has 0 saturated heterocycles. The van der Waals surface area contributed by atoms with E-state index in [2.05, 4.69) is 13.2 Å². The molecule has 1 atom stereocenters. The van der Waals surface area contributed by atoms with E-state index in [1.54, 1.807) is 6.92 Å². The van der Waals surface area contributed by atoms with Crippen LogP contribution in [0.15, 0.2) is 67.8 Å². The van der Waals surface area contributed by atoms with Crippen molar-refractivity contribution in [3.8, 4) is 0 Å². The van der Waals surface area contributed by atoms with E-state index in [1.807, 2.05) is 30.3 Å². The summed E-state index contributed by atoms with van der Waals surface area (Å²) in [6.45, 7) is 9.91. The van der Waals surface area contributed by atoms with Gasteiger partial charge in [-0.25, -0.2) is 4.79 Å². The number of hydrogen-bond acceptors (Lipinski definition) is 7. The Bertz CT molecular complexity index is 746. The Morgan fingerprint density at radius 2 is 1.58 bits per heavy atom. The summed E-state index contributed by atoms with van der Waals surface area (Å²) in [6.07, 6.45) is 7.39. The normalized spacial score (nSPS) is 11.7. The van der Waals surface area contributed by atoms with Gasteiger partial charge in [0.15, 0.2) is 5.92 Å². The van der Waals surface area contributed by atoms with E-state index in [0.717, 1.165) is 5.56 Å². The number of hydrogen-bond donors (Lipinski definition) is 0. The highest BCUT2D eigenvalue weighted by Crippen LogP contribution is 2.24. The van der Waals surface area contributed by atoms with Crippen LogP contribution in [0.2, 0.25) is 0 Å². The van der Waals surface area contributed by atoms with Gasteiger partial charge in [-0.1, -0.05) is 68.1 Å². The van der Waals surface area contributed by atoms with Gasteiger partial charge in [-0.2, -0.15) is 0 Å². The van der Waals surface area contributed by atoms with Crippen LogP contribution < -0.4 is 0 Å². The minimum absolute atomic E-state index is 0.0360. The van der Waals surface area contributed by atoms with E-state index in [9.17, 15) is 14.4 Å². The molecule has 0 aliphatic carbocycles. The largest absolute Gasteiger partial charge is 0.463 e. The zero-order valence-electron chi connectivity index (χ0n) is 19.3. The maximum Gasteiger partial charge on any atom is 0.330 e. The van der Waals surface area contributed by atoms with Crippen molar-refractivity contribution in [3.63, 3.8) is 0 Å². The number of rotatable bonds is 17. The van der Waals surface area contributed by atoms with E-state index in [-0.39, 0.29) is 19.8 Å². The van der Waals surface area contributed by atoms with Crippen molar-refractivity contribution >= 4 is 17.9 Å². The minimum atomic E-state index is -1.22. The average molecular weight is 459 g/mol. The SMILES string of the molecule is C=CCOC(=O)C(C(=O)OCC=C)[C@H](/C=C/C(=O)OCC)CCCCOCc1ccccc1. The van der Waals surface area contributed by atoms with E-state index < -0.39 is 29.7 Å². The molecule has 180 valence electrons. The highest BCUT2D eigenvalue weighted by molar-refractivity contribution is 5.95. The molecule has 0 aromatic heterocycles. The van der Waals surface area contributed by atoms with Crippen LogP contribution in [0.5, 0.6) is 0 Å². The molecule has 0 aliphatic heterocycles. The highest BCUT2D eigenvalue weighted by Gasteiger charge is 2.36. The number of carbonyl (C=O) groups excluding carboxylic acids is 3. The predicted molar refractivity (Wildman–Crippen MR) is 125 cm³/mol. The summed E-state index contributed by atoms with van der Waals surface area (Å²) in [6, 6.07) is 9.84. The molecular weight excluding hydrogens is 424 g/mol. The Labute approximate surface area is 196 Å². The van der Waals surface area contributed by atoms with Gasteiger partial charge in [-0.15, -0.1) is 0 Å². The number of esters is 3. The molecule has 0 N–H and O–H groups in total. The maximum absolute atomic E-state index is 12.6. The van der Waals surface area contributed by atoms with Crippen molar-refractivity contribution in [3.05, 3.63) is 73.4 Å². The zero-order chi connectivity index (χ0) is 24.3. The molecule has 7 nitrogen and oxygen atoms in total. The minimum Gasteiger partial charge on any atom is -0.463 e. The molecule has 0 heterocycles. The molecule has 0 amide bonds. The van der Waals surface area contributed by atoms with E-state index in [4.69, 9.17) is 18.9 Å². The van der Waals surface area contributed by atoms with Gasteiger partial charge in [-0.05, 0) is 25.3 Å². The van der Waals surface area contributed by atoms with Crippen LogP contribution in [0.3, 0.4) is 0 Å². The molecular formula is C26H34O7. The molecule has 1 aromatic carbocycles. The van der Waals surface area contributed by atoms with Crippen molar-refractivity contribution in [2.24, 2.45) is 11.8 Å². The van der Waals surface area contributed by atoms with Gasteiger partial charge in [0.05, 0.1) is 13.2 Å². The molecule has 7 heteroatoms. The van der Waals surface area contributed by atoms with Crippen LogP contribution >= 0.6 is 0 Å². The van der Waals surface area contributed by atoms with Crippen LogP contribution in [0.1, 0.15) is 31.7 Å². The van der Waals surface area contributed by atoms with Crippen LogP contribution in [0.25, 0.3) is 0 Å². The maximum atomic E-state index is 12.6. The second kappa shape index (κ2) is 17.4. The number of allylic oxidation sites excluding steroid dienone is 1. The third-order valence-corrected chi connectivity index (χ3v) is 4.58. The summed E-state index contributed by atoms with van der Waals surface area (Å²) in [5.74, 6) is -3.85. The second-order valence-corrected chi connectivity index (χ2v) is 7.12. The molecule has 0 aliphatic rings. The van der Waals surface area contributed by atoms with Gasteiger partial charge in [0.2, 0.25) is 0 Å². The van der Waals surface area contributed by atoms with Crippen molar-refractivity contribution in [2.75, 3.05) is 26.4 Å². The molecule has 0 unspecified atom stereocenters. The van der Waals surface area contributed by atoms with Crippen LogP contribution in [0.4, 0.5) is 0 Å². The molecule has 0 bridgehead atoms. The number of ether oxygens (including phenoxy) is 4. The fraction of sp³-hybridized carbons (Fsp3) is 0.423. The second-order valence-electron chi connectivity index (χ2n) is 7.12. The van der Waals surface area contributed by atoms with Gasteiger partial charge in [-0.3, -0.25) is 9.59 Å². The van der Waals surface area contributed by atoms with Gasteiger partial charge in [0, 0.05) is 18.6 Å².